The van der Waals surface area contributed by atoms with Crippen LogP contribution in [0.5, 0.6) is 0 Å². The number of benzene rings is 1. The standard InChI is InChI=1S/C13H16N4S.BrH/c1-4-9-18-13(14)16-15-10-11-5-7-12(8-6-11)17(2)3;/h1,5-8,10H,9H2,2-3H3,(H2,14,16);1H/b15-10+;. The number of nitrogens with two attached hydrogens (primary N) is 1. The SMILES string of the molecule is C#CCSC(N)=N/[NH+]=C/c1ccc(N(C)C)cc1.[Br-]. The van der Waals surface area contributed by atoms with Crippen LogP contribution in [-0.4, -0.2) is 31.2 Å². The van der Waals surface area contributed by atoms with Crippen molar-refractivity contribution in [3.63, 3.8) is 0 Å². The van der Waals surface area contributed by atoms with Crippen LogP contribution < -0.4 is 32.7 Å². The van der Waals surface area contributed by atoms with Crippen LogP contribution in [0.1, 0.15) is 5.56 Å². The largest absolute Gasteiger partial charge is 1.00 e. The van der Waals surface area contributed by atoms with E-state index >= 15 is 0 Å². The number of terminal acetylenes is 1. The minimum Gasteiger partial charge on any atom is -1.00 e. The zero-order valence-corrected chi connectivity index (χ0v) is 13.3. The molecule has 19 heavy (non-hydrogen) atoms. The predicted molar refractivity (Wildman–Crippen MR) is 79.8 cm³/mol. The van der Waals surface area contributed by atoms with Gasteiger partial charge < -0.3 is 27.6 Å². The van der Waals surface area contributed by atoms with E-state index in [-0.39, 0.29) is 17.0 Å². The van der Waals surface area contributed by atoms with E-state index in [1.807, 2.05) is 43.3 Å². The lowest BCUT2D eigenvalue weighted by atomic mass is 10.2. The number of halogens is 1. The summed E-state index contributed by atoms with van der Waals surface area (Å²) >= 11 is 1.32. The van der Waals surface area contributed by atoms with Crippen LogP contribution in [-0.2, 0) is 0 Å². The normalized spacial score (nSPS) is 10.9. The summed E-state index contributed by atoms with van der Waals surface area (Å²) in [5.74, 6) is 3.01. The summed E-state index contributed by atoms with van der Waals surface area (Å²) in [7, 11) is 4.01. The van der Waals surface area contributed by atoms with Gasteiger partial charge >= 0.3 is 0 Å². The lowest BCUT2D eigenvalue weighted by Crippen LogP contribution is -3.00. The molecule has 0 atom stereocenters. The van der Waals surface area contributed by atoms with E-state index in [1.165, 1.54) is 11.8 Å². The number of thioether (sulfide) groups is 1. The van der Waals surface area contributed by atoms with Crippen LogP contribution in [0.3, 0.4) is 0 Å². The quantitative estimate of drug-likeness (QED) is 0.263. The molecule has 0 saturated carbocycles. The maximum atomic E-state index is 5.62. The fraction of sp³-hybridized carbons (Fsp3) is 0.231. The molecule has 6 heteroatoms. The molecule has 1 aromatic rings. The Morgan fingerprint density at radius 3 is 2.63 bits per heavy atom. The molecule has 0 aromatic heterocycles. The number of rotatable bonds is 4. The lowest BCUT2D eigenvalue weighted by molar-refractivity contribution is -0.456. The number of hydrazone groups is 1. The third-order valence-electron chi connectivity index (χ3n) is 2.12. The zero-order valence-electron chi connectivity index (χ0n) is 10.9. The van der Waals surface area contributed by atoms with E-state index in [0.29, 0.717) is 10.9 Å². The number of amidine groups is 1. The van der Waals surface area contributed by atoms with Crippen molar-refractivity contribution in [3.8, 4) is 12.3 Å². The van der Waals surface area contributed by atoms with Gasteiger partial charge in [0.2, 0.25) is 11.4 Å². The molecule has 102 valence electrons. The molecule has 4 nitrogen and oxygen atoms in total. The van der Waals surface area contributed by atoms with Crippen LogP contribution in [0.15, 0.2) is 29.4 Å². The highest BCUT2D eigenvalue weighted by atomic mass is 79.9. The summed E-state index contributed by atoms with van der Waals surface area (Å²) in [5.41, 5.74) is 7.80. The third kappa shape index (κ3) is 6.89. The summed E-state index contributed by atoms with van der Waals surface area (Å²) in [6, 6.07) is 8.08. The van der Waals surface area contributed by atoms with E-state index in [1.54, 1.807) is 6.21 Å². The maximum Gasteiger partial charge on any atom is 0.226 e. The maximum absolute atomic E-state index is 5.62. The van der Waals surface area contributed by atoms with Crippen molar-refractivity contribution in [1.82, 2.24) is 0 Å². The van der Waals surface area contributed by atoms with Crippen LogP contribution >= 0.6 is 11.8 Å². The summed E-state index contributed by atoms with van der Waals surface area (Å²) < 4.78 is 0. The molecule has 0 aliphatic carbocycles. The van der Waals surface area contributed by atoms with Crippen molar-refractivity contribution < 1.29 is 22.1 Å². The lowest BCUT2D eigenvalue weighted by Gasteiger charge is -2.11. The van der Waals surface area contributed by atoms with Gasteiger partial charge in [-0.15, -0.1) is 11.5 Å². The van der Waals surface area contributed by atoms with Crippen molar-refractivity contribution in [3.05, 3.63) is 29.8 Å². The van der Waals surface area contributed by atoms with Gasteiger partial charge in [0.25, 0.3) is 0 Å². The summed E-state index contributed by atoms with van der Waals surface area (Å²) in [5, 5.41) is 7.18. The van der Waals surface area contributed by atoms with Crippen molar-refractivity contribution in [1.29, 1.82) is 0 Å². The van der Waals surface area contributed by atoms with Gasteiger partial charge in [-0.2, -0.15) is 0 Å². The Hall–Kier alpha value is -1.45. The Bertz CT molecular complexity index is 474. The van der Waals surface area contributed by atoms with Crippen LogP contribution in [0.4, 0.5) is 5.69 Å². The molecule has 0 bridgehead atoms. The second-order valence-corrected chi connectivity index (χ2v) is 4.70. The van der Waals surface area contributed by atoms with Gasteiger partial charge in [0, 0.05) is 30.4 Å². The average Bonchev–Trinajstić information content (AvgIpc) is 2.37. The monoisotopic (exact) mass is 340 g/mol. The Morgan fingerprint density at radius 2 is 2.11 bits per heavy atom. The first-order chi connectivity index (χ1) is 8.63. The molecular formula is C13H17BrN4S. The molecule has 3 N–H and O–H groups in total. The molecule has 0 aliphatic rings. The first-order valence-corrected chi connectivity index (χ1v) is 6.37. The minimum atomic E-state index is 0. The molecule has 1 rings (SSSR count). The van der Waals surface area contributed by atoms with Crippen molar-refractivity contribution in [2.24, 2.45) is 10.8 Å². The van der Waals surface area contributed by atoms with E-state index in [4.69, 9.17) is 12.2 Å². The van der Waals surface area contributed by atoms with E-state index < -0.39 is 0 Å². The van der Waals surface area contributed by atoms with E-state index in [2.05, 4.69) is 16.1 Å². The van der Waals surface area contributed by atoms with Crippen molar-refractivity contribution in [2.45, 2.75) is 0 Å². The Labute approximate surface area is 128 Å². The summed E-state index contributed by atoms with van der Waals surface area (Å²) in [6.45, 7) is 0. The first-order valence-electron chi connectivity index (χ1n) is 5.39. The number of hydrogen-bond donors (Lipinski definition) is 2. The average molecular weight is 341 g/mol. The van der Waals surface area contributed by atoms with Gasteiger partial charge in [0.15, 0.2) is 0 Å². The Balaban J connectivity index is 0.00000324. The van der Waals surface area contributed by atoms with Gasteiger partial charge in [-0.3, -0.25) is 0 Å². The Kier molecular flexibility index (Phi) is 8.75. The molecular weight excluding hydrogens is 324 g/mol. The molecule has 0 spiro atoms. The Morgan fingerprint density at radius 1 is 1.47 bits per heavy atom. The molecule has 0 radical (unpaired) electrons. The highest BCUT2D eigenvalue weighted by molar-refractivity contribution is 8.13. The van der Waals surface area contributed by atoms with Crippen LogP contribution in [0, 0.1) is 12.3 Å². The second-order valence-electron chi connectivity index (χ2n) is 3.70. The third-order valence-corrected chi connectivity index (χ3v) is 2.82. The van der Waals surface area contributed by atoms with E-state index in [0.717, 1.165) is 11.3 Å². The molecule has 0 saturated heterocycles. The second kappa shape index (κ2) is 9.48. The predicted octanol–water partition coefficient (Wildman–Crippen LogP) is -3.15. The molecule has 0 heterocycles. The number of hydrogen-bond acceptors (Lipinski definition) is 3. The van der Waals surface area contributed by atoms with Gasteiger partial charge in [0.05, 0.1) is 5.75 Å². The molecule has 0 fully saturated rings. The number of anilines is 1. The van der Waals surface area contributed by atoms with Crippen molar-refractivity contribution in [2.75, 3.05) is 24.7 Å². The fourth-order valence-electron chi connectivity index (χ4n) is 1.19. The van der Waals surface area contributed by atoms with Gasteiger partial charge in [-0.25, -0.2) is 0 Å². The van der Waals surface area contributed by atoms with Gasteiger partial charge in [0.1, 0.15) is 0 Å². The molecule has 0 unspecified atom stereocenters. The molecule has 0 aliphatic heterocycles. The first kappa shape index (κ1) is 17.6. The smallest absolute Gasteiger partial charge is 0.226 e. The summed E-state index contributed by atoms with van der Waals surface area (Å²) in [6.07, 6.45) is 6.90. The molecule has 0 amide bonds. The molecule has 1 aromatic carbocycles. The minimum absolute atomic E-state index is 0. The number of nitrogens with one attached hydrogen (secondary N) is 1. The van der Waals surface area contributed by atoms with Gasteiger partial charge in [-0.1, -0.05) is 17.7 Å². The van der Waals surface area contributed by atoms with Crippen LogP contribution in [0.25, 0.3) is 0 Å². The zero-order chi connectivity index (χ0) is 13.4. The van der Waals surface area contributed by atoms with Crippen molar-refractivity contribution >= 4 is 28.8 Å². The fourth-order valence-corrected chi connectivity index (χ4v) is 1.54. The highest BCUT2D eigenvalue weighted by Gasteiger charge is 1.96. The van der Waals surface area contributed by atoms with E-state index in [9.17, 15) is 0 Å². The summed E-state index contributed by atoms with van der Waals surface area (Å²) in [4.78, 5) is 2.05. The van der Waals surface area contributed by atoms with Crippen LogP contribution in [0.2, 0.25) is 0 Å². The van der Waals surface area contributed by atoms with Gasteiger partial charge in [-0.05, 0) is 24.3 Å². The topological polar surface area (TPSA) is 55.6 Å². The number of nitrogens with zero attached hydrogens (tertiary/aromatic N) is 2. The highest BCUT2D eigenvalue weighted by Crippen LogP contribution is 2.10.